The first-order valence-corrected chi connectivity index (χ1v) is 9.55. The van der Waals surface area contributed by atoms with E-state index in [1.807, 2.05) is 23.5 Å². The van der Waals surface area contributed by atoms with Crippen LogP contribution < -0.4 is 4.90 Å². The minimum atomic E-state index is 0.799. The third kappa shape index (κ3) is 3.56. The molecule has 0 unspecified atom stereocenters. The lowest BCUT2D eigenvalue weighted by Crippen LogP contribution is -2.46. The van der Waals surface area contributed by atoms with Gasteiger partial charge in [-0.1, -0.05) is 23.7 Å². The molecule has 3 nitrogen and oxygen atoms in total. The van der Waals surface area contributed by atoms with Crippen LogP contribution in [-0.2, 0) is 6.42 Å². The number of hydrogen-bond donors (Lipinski definition) is 0. The van der Waals surface area contributed by atoms with Crippen LogP contribution in [0.5, 0.6) is 0 Å². The number of halogens is 1. The Morgan fingerprint density at radius 1 is 0.958 bits per heavy atom. The van der Waals surface area contributed by atoms with Crippen molar-refractivity contribution in [1.29, 1.82) is 0 Å². The highest BCUT2D eigenvalue weighted by Crippen LogP contribution is 2.23. The molecule has 0 saturated carbocycles. The van der Waals surface area contributed by atoms with E-state index in [0.717, 1.165) is 49.7 Å². The van der Waals surface area contributed by atoms with Crippen LogP contribution >= 0.6 is 22.9 Å². The van der Waals surface area contributed by atoms with Crippen molar-refractivity contribution in [2.45, 2.75) is 6.42 Å². The van der Waals surface area contributed by atoms with Gasteiger partial charge in [-0.25, -0.2) is 4.98 Å². The number of aromatic nitrogens is 1. The zero-order valence-corrected chi connectivity index (χ0v) is 15.1. The zero-order valence-electron chi connectivity index (χ0n) is 13.5. The molecule has 1 saturated heterocycles. The van der Waals surface area contributed by atoms with E-state index in [9.17, 15) is 0 Å². The Bertz CT molecular complexity index is 774. The van der Waals surface area contributed by atoms with Crippen LogP contribution in [-0.4, -0.2) is 42.6 Å². The first-order chi connectivity index (χ1) is 11.8. The second kappa shape index (κ2) is 7.09. The lowest BCUT2D eigenvalue weighted by atomic mass is 10.2. The number of piperazine rings is 1. The SMILES string of the molecule is Clc1ccc(N2CCN(CCc3nc4ccccc4s3)CC2)cc1. The summed E-state index contributed by atoms with van der Waals surface area (Å²) in [7, 11) is 0. The summed E-state index contributed by atoms with van der Waals surface area (Å²) < 4.78 is 1.29. The molecule has 2 heterocycles. The third-order valence-electron chi connectivity index (χ3n) is 4.54. The van der Waals surface area contributed by atoms with E-state index in [1.165, 1.54) is 15.4 Å². The van der Waals surface area contributed by atoms with Gasteiger partial charge in [0.2, 0.25) is 0 Å². The lowest BCUT2D eigenvalue weighted by molar-refractivity contribution is 0.261. The molecule has 4 rings (SSSR count). The predicted octanol–water partition coefficient (Wildman–Crippen LogP) is 4.31. The molecule has 3 aromatic rings. The Morgan fingerprint density at radius 3 is 2.46 bits per heavy atom. The molecule has 0 spiro atoms. The summed E-state index contributed by atoms with van der Waals surface area (Å²) in [5, 5.41) is 2.05. The van der Waals surface area contributed by atoms with Crippen LogP contribution in [0.2, 0.25) is 5.02 Å². The topological polar surface area (TPSA) is 19.4 Å². The first kappa shape index (κ1) is 15.9. The lowest BCUT2D eigenvalue weighted by Gasteiger charge is -2.36. The van der Waals surface area contributed by atoms with Gasteiger partial charge in [-0.15, -0.1) is 11.3 Å². The van der Waals surface area contributed by atoms with Crippen molar-refractivity contribution in [2.75, 3.05) is 37.6 Å². The molecule has 124 valence electrons. The summed E-state index contributed by atoms with van der Waals surface area (Å²) >= 11 is 7.79. The van der Waals surface area contributed by atoms with Crippen LogP contribution in [0.25, 0.3) is 10.2 Å². The van der Waals surface area contributed by atoms with E-state index < -0.39 is 0 Å². The van der Waals surface area contributed by atoms with Gasteiger partial charge in [0, 0.05) is 49.9 Å². The fourth-order valence-electron chi connectivity index (χ4n) is 3.16. The Kier molecular flexibility index (Phi) is 4.69. The van der Waals surface area contributed by atoms with Gasteiger partial charge in [-0.05, 0) is 36.4 Å². The summed E-state index contributed by atoms with van der Waals surface area (Å²) in [4.78, 5) is 9.71. The largest absolute Gasteiger partial charge is 0.369 e. The van der Waals surface area contributed by atoms with E-state index in [0.29, 0.717) is 0 Å². The molecule has 1 aliphatic heterocycles. The second-order valence-corrected chi connectivity index (χ2v) is 7.68. The maximum atomic E-state index is 5.97. The molecule has 1 aliphatic rings. The first-order valence-electron chi connectivity index (χ1n) is 8.35. The Labute approximate surface area is 151 Å². The zero-order chi connectivity index (χ0) is 16.4. The van der Waals surface area contributed by atoms with Gasteiger partial charge < -0.3 is 4.90 Å². The Morgan fingerprint density at radius 2 is 1.71 bits per heavy atom. The van der Waals surface area contributed by atoms with Crippen molar-refractivity contribution < 1.29 is 0 Å². The second-order valence-electron chi connectivity index (χ2n) is 6.13. The molecule has 0 N–H and O–H groups in total. The number of benzene rings is 2. The molecular formula is C19H20ClN3S. The number of hydrogen-bond acceptors (Lipinski definition) is 4. The summed E-state index contributed by atoms with van der Waals surface area (Å²) in [6.45, 7) is 5.44. The highest BCUT2D eigenvalue weighted by molar-refractivity contribution is 7.18. The monoisotopic (exact) mass is 357 g/mol. The molecular weight excluding hydrogens is 338 g/mol. The van der Waals surface area contributed by atoms with E-state index in [-0.39, 0.29) is 0 Å². The highest BCUT2D eigenvalue weighted by atomic mass is 35.5. The number of fused-ring (bicyclic) bond motifs is 1. The van der Waals surface area contributed by atoms with E-state index in [4.69, 9.17) is 16.6 Å². The number of para-hydroxylation sites is 1. The van der Waals surface area contributed by atoms with Gasteiger partial charge in [-0.3, -0.25) is 4.90 Å². The van der Waals surface area contributed by atoms with Crippen LogP contribution in [0.3, 0.4) is 0 Å². The van der Waals surface area contributed by atoms with E-state index >= 15 is 0 Å². The maximum absolute atomic E-state index is 5.97. The Hall–Kier alpha value is -1.62. The van der Waals surface area contributed by atoms with Crippen LogP contribution in [0.1, 0.15) is 5.01 Å². The number of anilines is 1. The summed E-state index contributed by atoms with van der Waals surface area (Å²) in [5.41, 5.74) is 2.40. The highest BCUT2D eigenvalue weighted by Gasteiger charge is 2.17. The number of thiazole rings is 1. The van der Waals surface area contributed by atoms with Gasteiger partial charge in [0.05, 0.1) is 15.2 Å². The average Bonchev–Trinajstić information content (AvgIpc) is 3.04. The minimum Gasteiger partial charge on any atom is -0.369 e. The molecule has 0 bridgehead atoms. The van der Waals surface area contributed by atoms with Gasteiger partial charge >= 0.3 is 0 Å². The standard InChI is InChI=1S/C19H20ClN3S/c20-15-5-7-16(8-6-15)23-13-11-22(12-14-23)10-9-19-21-17-3-1-2-4-18(17)24-19/h1-8H,9-14H2. The fraction of sp³-hybridized carbons (Fsp3) is 0.316. The molecule has 0 amide bonds. The molecule has 24 heavy (non-hydrogen) atoms. The van der Waals surface area contributed by atoms with Gasteiger partial charge in [0.15, 0.2) is 0 Å². The van der Waals surface area contributed by atoms with E-state index in [1.54, 1.807) is 0 Å². The minimum absolute atomic E-state index is 0.799. The van der Waals surface area contributed by atoms with Crippen molar-refractivity contribution in [3.8, 4) is 0 Å². The normalized spacial score (nSPS) is 16.0. The smallest absolute Gasteiger partial charge is 0.0951 e. The van der Waals surface area contributed by atoms with Crippen LogP contribution in [0.15, 0.2) is 48.5 Å². The molecule has 0 atom stereocenters. The van der Waals surface area contributed by atoms with Crippen molar-refractivity contribution in [1.82, 2.24) is 9.88 Å². The van der Waals surface area contributed by atoms with Crippen LogP contribution in [0, 0.1) is 0 Å². The maximum Gasteiger partial charge on any atom is 0.0951 e. The summed E-state index contributed by atoms with van der Waals surface area (Å²) in [5.74, 6) is 0. The molecule has 1 fully saturated rings. The van der Waals surface area contributed by atoms with Crippen LogP contribution in [0.4, 0.5) is 5.69 Å². The number of nitrogens with zero attached hydrogens (tertiary/aromatic N) is 3. The number of rotatable bonds is 4. The molecule has 5 heteroatoms. The molecule has 0 radical (unpaired) electrons. The predicted molar refractivity (Wildman–Crippen MR) is 103 cm³/mol. The van der Waals surface area contributed by atoms with Crippen molar-refractivity contribution in [3.63, 3.8) is 0 Å². The molecule has 0 aliphatic carbocycles. The van der Waals surface area contributed by atoms with Crippen molar-refractivity contribution >= 4 is 38.8 Å². The van der Waals surface area contributed by atoms with Gasteiger partial charge in [0.1, 0.15) is 0 Å². The Balaban J connectivity index is 1.30. The molecule has 1 aromatic heterocycles. The third-order valence-corrected chi connectivity index (χ3v) is 5.89. The quantitative estimate of drug-likeness (QED) is 0.693. The van der Waals surface area contributed by atoms with Gasteiger partial charge in [-0.2, -0.15) is 0 Å². The fourth-order valence-corrected chi connectivity index (χ4v) is 4.24. The average molecular weight is 358 g/mol. The van der Waals surface area contributed by atoms with E-state index in [2.05, 4.69) is 46.2 Å². The molecule has 2 aromatic carbocycles. The van der Waals surface area contributed by atoms with Crippen molar-refractivity contribution in [2.24, 2.45) is 0 Å². The van der Waals surface area contributed by atoms with Crippen molar-refractivity contribution in [3.05, 3.63) is 58.6 Å². The van der Waals surface area contributed by atoms with Gasteiger partial charge in [0.25, 0.3) is 0 Å². The summed E-state index contributed by atoms with van der Waals surface area (Å²) in [6.07, 6.45) is 1.04. The summed E-state index contributed by atoms with van der Waals surface area (Å²) in [6, 6.07) is 16.6.